The molecular weight excluding hydrogens is 268 g/mol. The first-order chi connectivity index (χ1) is 9.05. The van der Waals surface area contributed by atoms with Gasteiger partial charge in [-0.3, -0.25) is 5.10 Å². The lowest BCUT2D eigenvalue weighted by Gasteiger charge is -2.16. The van der Waals surface area contributed by atoms with Gasteiger partial charge in [0.1, 0.15) is 0 Å². The lowest BCUT2D eigenvalue weighted by atomic mass is 10.3. The fourth-order valence-electron chi connectivity index (χ4n) is 1.72. The minimum absolute atomic E-state index is 0.118. The third-order valence-corrected chi connectivity index (χ3v) is 4.52. The number of hydrogen-bond donors (Lipinski definition) is 2. The molecule has 0 saturated heterocycles. The Balaban J connectivity index is 2.23. The molecule has 7 nitrogen and oxygen atoms in total. The van der Waals surface area contributed by atoms with Gasteiger partial charge < -0.3 is 9.73 Å². The predicted molar refractivity (Wildman–Crippen MR) is 68.7 cm³/mol. The normalized spacial score (nSPS) is 12.2. The van der Waals surface area contributed by atoms with Crippen molar-refractivity contribution in [1.82, 2.24) is 19.8 Å². The fraction of sp³-hybridized carbons (Fsp3) is 0.364. The Morgan fingerprint density at radius 3 is 2.95 bits per heavy atom. The standard InChI is InChI=1S/C11H16N4O3S/c1-12-5-10-6-13-14-11(10)19(16,17)15(2)7-9-3-4-18-8-9/h3-4,6,8,12H,5,7H2,1-2H3,(H,13,14). The minimum Gasteiger partial charge on any atom is -0.472 e. The van der Waals surface area contributed by atoms with Gasteiger partial charge in [0, 0.05) is 31.3 Å². The summed E-state index contributed by atoms with van der Waals surface area (Å²) >= 11 is 0. The van der Waals surface area contributed by atoms with Crippen LogP contribution >= 0.6 is 0 Å². The molecule has 104 valence electrons. The molecule has 0 saturated carbocycles. The molecule has 2 rings (SSSR count). The first kappa shape index (κ1) is 13.8. The summed E-state index contributed by atoms with van der Waals surface area (Å²) in [4.78, 5) is 0. The SMILES string of the molecule is CNCc1cn[nH]c1S(=O)(=O)N(C)Cc1ccoc1. The molecule has 0 amide bonds. The summed E-state index contributed by atoms with van der Waals surface area (Å²) in [6, 6.07) is 1.73. The van der Waals surface area contributed by atoms with Gasteiger partial charge in [-0.15, -0.1) is 0 Å². The van der Waals surface area contributed by atoms with Crippen molar-refractivity contribution in [3.63, 3.8) is 0 Å². The van der Waals surface area contributed by atoms with E-state index in [-0.39, 0.29) is 11.6 Å². The number of aromatic nitrogens is 2. The third kappa shape index (κ3) is 2.86. The maximum absolute atomic E-state index is 12.4. The molecule has 0 aliphatic heterocycles. The second kappa shape index (κ2) is 5.55. The van der Waals surface area contributed by atoms with Gasteiger partial charge >= 0.3 is 0 Å². The number of rotatable bonds is 6. The first-order valence-corrected chi connectivity index (χ1v) is 7.14. The van der Waals surface area contributed by atoms with E-state index < -0.39 is 10.0 Å². The first-order valence-electron chi connectivity index (χ1n) is 5.70. The number of furan rings is 1. The Bertz CT molecular complexity index is 618. The van der Waals surface area contributed by atoms with E-state index in [9.17, 15) is 8.42 Å². The molecule has 0 spiro atoms. The number of nitrogens with zero attached hydrogens (tertiary/aromatic N) is 2. The van der Waals surface area contributed by atoms with Crippen molar-refractivity contribution in [3.8, 4) is 0 Å². The van der Waals surface area contributed by atoms with Crippen LogP contribution in [0.15, 0.2) is 34.2 Å². The number of aromatic amines is 1. The van der Waals surface area contributed by atoms with Gasteiger partial charge in [-0.2, -0.15) is 9.40 Å². The van der Waals surface area contributed by atoms with Crippen LogP contribution in [0.2, 0.25) is 0 Å². The molecule has 0 aromatic carbocycles. The van der Waals surface area contributed by atoms with Crippen LogP contribution < -0.4 is 5.32 Å². The van der Waals surface area contributed by atoms with Crippen molar-refractivity contribution in [2.75, 3.05) is 14.1 Å². The molecule has 0 aliphatic carbocycles. The van der Waals surface area contributed by atoms with E-state index in [0.29, 0.717) is 12.1 Å². The smallest absolute Gasteiger partial charge is 0.260 e. The van der Waals surface area contributed by atoms with Gasteiger partial charge in [-0.1, -0.05) is 0 Å². The summed E-state index contributed by atoms with van der Waals surface area (Å²) in [7, 11) is -0.322. The van der Waals surface area contributed by atoms with Crippen LogP contribution in [-0.2, 0) is 23.1 Å². The highest BCUT2D eigenvalue weighted by Crippen LogP contribution is 2.18. The van der Waals surface area contributed by atoms with E-state index in [0.717, 1.165) is 5.56 Å². The molecular formula is C11H16N4O3S. The average Bonchev–Trinajstić information content (AvgIpc) is 3.00. The molecule has 8 heteroatoms. The predicted octanol–water partition coefficient (Wildman–Crippen LogP) is 0.543. The zero-order valence-electron chi connectivity index (χ0n) is 10.8. The third-order valence-electron chi connectivity index (χ3n) is 2.70. The molecule has 2 aromatic heterocycles. The minimum atomic E-state index is -3.59. The summed E-state index contributed by atoms with van der Waals surface area (Å²) in [5, 5.41) is 9.37. The second-order valence-corrected chi connectivity index (χ2v) is 6.13. The van der Waals surface area contributed by atoms with Gasteiger partial charge in [0.15, 0.2) is 5.03 Å². The van der Waals surface area contributed by atoms with Crippen LogP contribution in [0, 0.1) is 0 Å². The molecule has 0 aliphatic rings. The number of H-pyrrole nitrogens is 1. The van der Waals surface area contributed by atoms with Crippen LogP contribution in [0.5, 0.6) is 0 Å². The highest BCUT2D eigenvalue weighted by atomic mass is 32.2. The van der Waals surface area contributed by atoms with Crippen LogP contribution in [0.4, 0.5) is 0 Å². The molecule has 2 heterocycles. The maximum Gasteiger partial charge on any atom is 0.260 e. The van der Waals surface area contributed by atoms with Gasteiger partial charge in [0.25, 0.3) is 10.0 Å². The highest BCUT2D eigenvalue weighted by molar-refractivity contribution is 7.89. The summed E-state index contributed by atoms with van der Waals surface area (Å²) in [5.41, 5.74) is 1.40. The van der Waals surface area contributed by atoms with Crippen LogP contribution in [0.25, 0.3) is 0 Å². The second-order valence-electron chi connectivity index (χ2n) is 4.15. The highest BCUT2D eigenvalue weighted by Gasteiger charge is 2.25. The van der Waals surface area contributed by atoms with E-state index in [1.165, 1.54) is 30.1 Å². The summed E-state index contributed by atoms with van der Waals surface area (Å²) in [6.07, 6.45) is 4.54. The van der Waals surface area contributed by atoms with Crippen molar-refractivity contribution < 1.29 is 12.8 Å². The Morgan fingerprint density at radius 2 is 2.32 bits per heavy atom. The van der Waals surface area contributed by atoms with E-state index in [4.69, 9.17) is 4.42 Å². The Morgan fingerprint density at radius 1 is 1.53 bits per heavy atom. The summed E-state index contributed by atoms with van der Waals surface area (Å²) in [5.74, 6) is 0. The number of sulfonamides is 1. The lowest BCUT2D eigenvalue weighted by Crippen LogP contribution is -2.28. The molecule has 0 atom stereocenters. The zero-order valence-corrected chi connectivity index (χ0v) is 11.6. The summed E-state index contributed by atoms with van der Waals surface area (Å²) < 4.78 is 31.0. The van der Waals surface area contributed by atoms with Crippen molar-refractivity contribution in [2.24, 2.45) is 0 Å². The molecule has 0 fully saturated rings. The summed E-state index contributed by atoms with van der Waals surface area (Å²) in [6.45, 7) is 0.682. The van der Waals surface area contributed by atoms with E-state index in [2.05, 4.69) is 15.5 Å². The van der Waals surface area contributed by atoms with E-state index in [1.807, 2.05) is 0 Å². The Labute approximate surface area is 111 Å². The van der Waals surface area contributed by atoms with Crippen molar-refractivity contribution in [2.45, 2.75) is 18.1 Å². The molecule has 2 N–H and O–H groups in total. The molecule has 0 radical (unpaired) electrons. The molecule has 19 heavy (non-hydrogen) atoms. The number of hydrogen-bond acceptors (Lipinski definition) is 5. The van der Waals surface area contributed by atoms with Crippen molar-refractivity contribution in [1.29, 1.82) is 0 Å². The van der Waals surface area contributed by atoms with Gasteiger partial charge in [0.05, 0.1) is 18.7 Å². The maximum atomic E-state index is 12.4. The zero-order chi connectivity index (χ0) is 13.9. The van der Waals surface area contributed by atoms with E-state index in [1.54, 1.807) is 13.1 Å². The molecule has 2 aromatic rings. The number of nitrogens with one attached hydrogen (secondary N) is 2. The topological polar surface area (TPSA) is 91.2 Å². The molecule has 0 unspecified atom stereocenters. The Kier molecular flexibility index (Phi) is 4.03. The largest absolute Gasteiger partial charge is 0.472 e. The van der Waals surface area contributed by atoms with E-state index >= 15 is 0 Å². The van der Waals surface area contributed by atoms with Gasteiger partial charge in [-0.25, -0.2) is 8.42 Å². The monoisotopic (exact) mass is 284 g/mol. The van der Waals surface area contributed by atoms with Crippen LogP contribution in [0.1, 0.15) is 11.1 Å². The lowest BCUT2D eigenvalue weighted by molar-refractivity contribution is 0.459. The fourth-order valence-corrected chi connectivity index (χ4v) is 2.97. The van der Waals surface area contributed by atoms with Crippen LogP contribution in [-0.4, -0.2) is 37.0 Å². The Hall–Kier alpha value is -1.64. The van der Waals surface area contributed by atoms with Crippen molar-refractivity contribution in [3.05, 3.63) is 35.9 Å². The quantitative estimate of drug-likeness (QED) is 0.808. The van der Waals surface area contributed by atoms with Crippen molar-refractivity contribution >= 4 is 10.0 Å². The molecule has 0 bridgehead atoms. The van der Waals surface area contributed by atoms with Gasteiger partial charge in [-0.05, 0) is 13.1 Å². The average molecular weight is 284 g/mol. The van der Waals surface area contributed by atoms with Crippen LogP contribution in [0.3, 0.4) is 0 Å². The van der Waals surface area contributed by atoms with Gasteiger partial charge in [0.2, 0.25) is 0 Å².